The molecule has 112 valence electrons. The van der Waals surface area contributed by atoms with E-state index >= 15 is 0 Å². The summed E-state index contributed by atoms with van der Waals surface area (Å²) in [5, 5.41) is 21.6. The summed E-state index contributed by atoms with van der Waals surface area (Å²) in [6, 6.07) is 5.67. The van der Waals surface area contributed by atoms with Crippen molar-refractivity contribution in [2.45, 2.75) is 13.0 Å². The van der Waals surface area contributed by atoms with Gasteiger partial charge in [-0.15, -0.1) is 11.3 Å². The molecular formula is C14H11N4O3S-. The number of hydrogen-bond donors (Lipinski definition) is 0. The molecule has 2 aromatic rings. The molecule has 0 N–H and O–H groups in total. The third-order valence-corrected chi connectivity index (χ3v) is 3.66. The SMILES string of the molecule is N#CCCN(Cc1cccs1)C(=O)c1nccnc1C(=O)[O-]. The number of carbonyl (C=O) groups is 2. The molecule has 1 amide bonds. The first kappa shape index (κ1) is 15.6. The molecular weight excluding hydrogens is 304 g/mol. The highest BCUT2D eigenvalue weighted by molar-refractivity contribution is 7.09. The van der Waals surface area contributed by atoms with Crippen molar-refractivity contribution >= 4 is 23.2 Å². The van der Waals surface area contributed by atoms with Crippen molar-refractivity contribution in [3.8, 4) is 6.07 Å². The second-order valence-electron chi connectivity index (χ2n) is 4.26. The highest BCUT2D eigenvalue weighted by Crippen LogP contribution is 2.15. The number of amides is 1. The van der Waals surface area contributed by atoms with Crippen molar-refractivity contribution in [1.29, 1.82) is 5.26 Å². The van der Waals surface area contributed by atoms with Crippen LogP contribution in [0, 0.1) is 11.3 Å². The van der Waals surface area contributed by atoms with E-state index in [4.69, 9.17) is 5.26 Å². The largest absolute Gasteiger partial charge is 0.543 e. The highest BCUT2D eigenvalue weighted by Gasteiger charge is 2.22. The van der Waals surface area contributed by atoms with E-state index in [9.17, 15) is 14.7 Å². The highest BCUT2D eigenvalue weighted by atomic mass is 32.1. The minimum absolute atomic E-state index is 0.137. The Morgan fingerprint density at radius 3 is 2.64 bits per heavy atom. The van der Waals surface area contributed by atoms with Crippen molar-refractivity contribution < 1.29 is 14.7 Å². The van der Waals surface area contributed by atoms with Crippen LogP contribution in [-0.2, 0) is 6.54 Å². The maximum absolute atomic E-state index is 12.5. The monoisotopic (exact) mass is 315 g/mol. The second-order valence-corrected chi connectivity index (χ2v) is 5.29. The number of aromatic carboxylic acids is 1. The zero-order valence-corrected chi connectivity index (χ0v) is 12.2. The van der Waals surface area contributed by atoms with E-state index in [0.717, 1.165) is 4.88 Å². The average molecular weight is 315 g/mol. The van der Waals surface area contributed by atoms with Crippen molar-refractivity contribution in [3.05, 3.63) is 46.2 Å². The van der Waals surface area contributed by atoms with Gasteiger partial charge in [0.2, 0.25) is 0 Å². The van der Waals surface area contributed by atoms with Gasteiger partial charge in [-0.3, -0.25) is 9.78 Å². The molecule has 0 spiro atoms. The summed E-state index contributed by atoms with van der Waals surface area (Å²) in [5.41, 5.74) is -0.780. The van der Waals surface area contributed by atoms with E-state index in [2.05, 4.69) is 9.97 Å². The first-order valence-corrected chi connectivity index (χ1v) is 7.22. The molecule has 2 heterocycles. The van der Waals surface area contributed by atoms with Crippen LogP contribution in [0.3, 0.4) is 0 Å². The molecule has 0 aliphatic carbocycles. The molecule has 0 fully saturated rings. The lowest BCUT2D eigenvalue weighted by Gasteiger charge is -2.21. The van der Waals surface area contributed by atoms with Gasteiger partial charge in [0.05, 0.1) is 25.0 Å². The van der Waals surface area contributed by atoms with Gasteiger partial charge in [-0.1, -0.05) is 6.07 Å². The molecule has 7 nitrogen and oxygen atoms in total. The molecule has 22 heavy (non-hydrogen) atoms. The van der Waals surface area contributed by atoms with Crippen LogP contribution in [0.25, 0.3) is 0 Å². The van der Waals surface area contributed by atoms with Crippen LogP contribution in [-0.4, -0.2) is 33.3 Å². The van der Waals surface area contributed by atoms with Gasteiger partial charge >= 0.3 is 0 Å². The Balaban J connectivity index is 2.29. The molecule has 0 aliphatic heterocycles. The zero-order valence-electron chi connectivity index (χ0n) is 11.4. The third-order valence-electron chi connectivity index (χ3n) is 2.80. The second kappa shape index (κ2) is 7.28. The van der Waals surface area contributed by atoms with E-state index in [1.54, 1.807) is 0 Å². The molecule has 2 rings (SSSR count). The van der Waals surface area contributed by atoms with Crippen molar-refractivity contribution in [3.63, 3.8) is 0 Å². The van der Waals surface area contributed by atoms with Gasteiger partial charge in [0.15, 0.2) is 5.69 Å². The number of nitrogens with zero attached hydrogens (tertiary/aromatic N) is 4. The Bertz CT molecular complexity index is 709. The van der Waals surface area contributed by atoms with E-state index in [0.29, 0.717) is 0 Å². The molecule has 0 radical (unpaired) electrons. The molecule has 0 aromatic carbocycles. The van der Waals surface area contributed by atoms with Crippen molar-refractivity contribution in [2.75, 3.05) is 6.54 Å². The summed E-state index contributed by atoms with van der Waals surface area (Å²) in [5.74, 6) is -2.15. The normalized spacial score (nSPS) is 9.95. The van der Waals surface area contributed by atoms with Crippen LogP contribution in [0.2, 0.25) is 0 Å². The van der Waals surface area contributed by atoms with Gasteiger partial charge in [-0.05, 0) is 11.4 Å². The van der Waals surface area contributed by atoms with Crippen LogP contribution in [0.5, 0.6) is 0 Å². The quantitative estimate of drug-likeness (QED) is 0.765. The fourth-order valence-corrected chi connectivity index (χ4v) is 2.54. The minimum atomic E-state index is -1.56. The Labute approximate surface area is 130 Å². The van der Waals surface area contributed by atoms with Gasteiger partial charge in [0.25, 0.3) is 5.91 Å². The minimum Gasteiger partial charge on any atom is -0.543 e. The molecule has 0 saturated carbocycles. The smallest absolute Gasteiger partial charge is 0.275 e. The number of carboxylic acid groups (broad SMARTS) is 1. The Morgan fingerprint density at radius 1 is 1.32 bits per heavy atom. The summed E-state index contributed by atoms with van der Waals surface area (Å²) in [4.78, 5) is 33.3. The number of carboxylic acids is 1. The molecule has 8 heteroatoms. The zero-order chi connectivity index (χ0) is 15.9. The molecule has 0 aliphatic rings. The van der Waals surface area contributed by atoms with Crippen LogP contribution in [0.4, 0.5) is 0 Å². The van der Waals surface area contributed by atoms with Gasteiger partial charge < -0.3 is 14.8 Å². The maximum atomic E-state index is 12.5. The maximum Gasteiger partial charge on any atom is 0.275 e. The number of aromatic nitrogens is 2. The first-order chi connectivity index (χ1) is 10.6. The molecule has 0 saturated heterocycles. The standard InChI is InChI=1S/C14H12N4O3S/c15-4-2-7-18(9-10-3-1-8-22-10)13(19)11-12(14(20)21)17-6-5-16-11/h1,3,5-6,8H,2,7,9H2,(H,20,21)/p-1. The van der Waals surface area contributed by atoms with Crippen LogP contribution < -0.4 is 5.11 Å². The Hall–Kier alpha value is -2.79. The Kier molecular flexibility index (Phi) is 5.16. The number of thiophene rings is 1. The molecule has 0 atom stereocenters. The number of nitriles is 1. The summed E-state index contributed by atoms with van der Waals surface area (Å²) in [6.07, 6.45) is 2.56. The number of hydrogen-bond acceptors (Lipinski definition) is 7. The summed E-state index contributed by atoms with van der Waals surface area (Å²) >= 11 is 1.47. The predicted octanol–water partition coefficient (Wildman–Crippen LogP) is 0.458. The average Bonchev–Trinajstić information content (AvgIpc) is 3.03. The summed E-state index contributed by atoms with van der Waals surface area (Å²) < 4.78 is 0. The fraction of sp³-hybridized carbons (Fsp3) is 0.214. The lowest BCUT2D eigenvalue weighted by atomic mass is 10.2. The molecule has 0 bridgehead atoms. The molecule has 0 unspecified atom stereocenters. The third kappa shape index (κ3) is 3.65. The molecule has 2 aromatic heterocycles. The Morgan fingerprint density at radius 2 is 2.05 bits per heavy atom. The van der Waals surface area contributed by atoms with E-state index in [1.807, 2.05) is 23.6 Å². The van der Waals surface area contributed by atoms with Gasteiger partial charge in [-0.2, -0.15) is 5.26 Å². The van der Waals surface area contributed by atoms with E-state index in [1.165, 1.54) is 28.6 Å². The first-order valence-electron chi connectivity index (χ1n) is 6.34. The topological polar surface area (TPSA) is 110 Å². The van der Waals surface area contributed by atoms with Gasteiger partial charge in [-0.25, -0.2) is 4.98 Å². The number of rotatable bonds is 6. The summed E-state index contributed by atoms with van der Waals surface area (Å²) in [6.45, 7) is 0.456. The van der Waals surface area contributed by atoms with Gasteiger partial charge in [0, 0.05) is 23.8 Å². The number of carbonyl (C=O) groups excluding carboxylic acids is 2. The summed E-state index contributed by atoms with van der Waals surface area (Å²) in [7, 11) is 0. The van der Waals surface area contributed by atoms with Gasteiger partial charge in [0.1, 0.15) is 5.69 Å². The van der Waals surface area contributed by atoms with Crippen molar-refractivity contribution in [1.82, 2.24) is 14.9 Å². The lowest BCUT2D eigenvalue weighted by molar-refractivity contribution is -0.255. The fourth-order valence-electron chi connectivity index (χ4n) is 1.82. The van der Waals surface area contributed by atoms with Crippen LogP contribution in [0.15, 0.2) is 29.9 Å². The van der Waals surface area contributed by atoms with Crippen LogP contribution >= 0.6 is 11.3 Å². The van der Waals surface area contributed by atoms with E-state index in [-0.39, 0.29) is 25.2 Å². The van der Waals surface area contributed by atoms with Crippen LogP contribution in [0.1, 0.15) is 32.3 Å². The lowest BCUT2D eigenvalue weighted by Crippen LogP contribution is -2.35. The predicted molar refractivity (Wildman–Crippen MR) is 75.7 cm³/mol. The van der Waals surface area contributed by atoms with Crippen molar-refractivity contribution in [2.24, 2.45) is 0 Å². The van der Waals surface area contributed by atoms with E-state index < -0.39 is 17.6 Å².